The minimum atomic E-state index is -0.500. The molecule has 0 atom stereocenters. The second-order valence-corrected chi connectivity index (χ2v) is 5.29. The molecule has 0 unspecified atom stereocenters. The van der Waals surface area contributed by atoms with Crippen LogP contribution in [0.2, 0.25) is 0 Å². The van der Waals surface area contributed by atoms with Gasteiger partial charge in [-0.25, -0.2) is 8.78 Å². The molecule has 15 heavy (non-hydrogen) atoms. The maximum Gasteiger partial charge on any atom is 0.139 e. The predicted molar refractivity (Wildman–Crippen MR) is 59.1 cm³/mol. The van der Waals surface area contributed by atoms with E-state index in [2.05, 4.69) is 0 Å². The van der Waals surface area contributed by atoms with Crippen LogP contribution in [0.15, 0.2) is 23.1 Å². The van der Waals surface area contributed by atoms with Crippen molar-refractivity contribution >= 4 is 11.8 Å². The number of thioether (sulfide) groups is 1. The van der Waals surface area contributed by atoms with E-state index in [0.29, 0.717) is 10.1 Å². The van der Waals surface area contributed by atoms with E-state index in [4.69, 9.17) is 0 Å². The van der Waals surface area contributed by atoms with E-state index in [1.54, 1.807) is 17.8 Å². The maximum atomic E-state index is 13.3. The summed E-state index contributed by atoms with van der Waals surface area (Å²) in [4.78, 5) is 0.586. The molecule has 2 rings (SSSR count). The molecule has 0 radical (unpaired) electrons. The molecule has 0 N–H and O–H groups in total. The molecular formula is C12H14F2S. The van der Waals surface area contributed by atoms with E-state index >= 15 is 0 Å². The third kappa shape index (κ3) is 2.94. The smallest absolute Gasteiger partial charge is 0.139 e. The third-order valence-electron chi connectivity index (χ3n) is 2.74. The van der Waals surface area contributed by atoms with E-state index in [1.165, 1.54) is 25.3 Å². The largest absolute Gasteiger partial charge is 0.207 e. The summed E-state index contributed by atoms with van der Waals surface area (Å²) in [5, 5.41) is 0.513. The lowest BCUT2D eigenvalue weighted by atomic mass is 10.0. The van der Waals surface area contributed by atoms with Gasteiger partial charge in [0.15, 0.2) is 0 Å². The van der Waals surface area contributed by atoms with Crippen LogP contribution in [0.25, 0.3) is 0 Å². The van der Waals surface area contributed by atoms with Gasteiger partial charge in [-0.05, 0) is 25.0 Å². The monoisotopic (exact) mass is 228 g/mol. The molecule has 0 nitrogen and oxygen atoms in total. The van der Waals surface area contributed by atoms with E-state index in [1.807, 2.05) is 0 Å². The highest BCUT2D eigenvalue weighted by Crippen LogP contribution is 2.34. The van der Waals surface area contributed by atoms with E-state index in [-0.39, 0.29) is 0 Å². The van der Waals surface area contributed by atoms with Gasteiger partial charge in [0.2, 0.25) is 0 Å². The normalized spacial score (nSPS) is 18.0. The molecule has 1 aromatic carbocycles. The summed E-state index contributed by atoms with van der Waals surface area (Å²) in [7, 11) is 0. The van der Waals surface area contributed by atoms with Crippen molar-refractivity contribution < 1.29 is 8.78 Å². The lowest BCUT2D eigenvalue weighted by molar-refractivity contribution is 0.514. The number of halogens is 2. The Morgan fingerprint density at radius 1 is 1.07 bits per heavy atom. The molecule has 0 heterocycles. The van der Waals surface area contributed by atoms with E-state index < -0.39 is 11.6 Å². The van der Waals surface area contributed by atoms with Gasteiger partial charge in [-0.3, -0.25) is 0 Å². The molecule has 1 aliphatic carbocycles. The van der Waals surface area contributed by atoms with Crippen LogP contribution in [0.5, 0.6) is 0 Å². The number of hydrogen-bond donors (Lipinski definition) is 0. The van der Waals surface area contributed by atoms with Gasteiger partial charge in [0.1, 0.15) is 11.6 Å². The van der Waals surface area contributed by atoms with Crippen LogP contribution in [0.3, 0.4) is 0 Å². The van der Waals surface area contributed by atoms with E-state index in [0.717, 1.165) is 18.9 Å². The first-order chi connectivity index (χ1) is 7.25. The Hall–Kier alpha value is -0.570. The Kier molecular flexibility index (Phi) is 3.62. The summed E-state index contributed by atoms with van der Waals surface area (Å²) in [6.07, 6.45) is 6.08. The van der Waals surface area contributed by atoms with Gasteiger partial charge in [0.25, 0.3) is 0 Å². The average Bonchev–Trinajstić information content (AvgIpc) is 2.24. The van der Waals surface area contributed by atoms with Crippen molar-refractivity contribution in [2.75, 3.05) is 0 Å². The van der Waals surface area contributed by atoms with Crippen LogP contribution in [0.1, 0.15) is 32.1 Å². The molecule has 82 valence electrons. The summed E-state index contributed by atoms with van der Waals surface area (Å²) in [6.45, 7) is 0. The molecule has 0 bridgehead atoms. The molecule has 0 saturated heterocycles. The summed E-state index contributed by atoms with van der Waals surface area (Å²) in [5.41, 5.74) is 0. The molecule has 1 aliphatic rings. The van der Waals surface area contributed by atoms with Crippen LogP contribution in [-0.2, 0) is 0 Å². The minimum absolute atomic E-state index is 0.425. The van der Waals surface area contributed by atoms with Crippen molar-refractivity contribution in [2.45, 2.75) is 42.2 Å². The molecule has 1 fully saturated rings. The quantitative estimate of drug-likeness (QED) is 0.723. The molecular weight excluding hydrogens is 214 g/mol. The van der Waals surface area contributed by atoms with Crippen molar-refractivity contribution in [2.24, 2.45) is 0 Å². The molecule has 3 heteroatoms. The lowest BCUT2D eigenvalue weighted by Gasteiger charge is -2.21. The zero-order chi connectivity index (χ0) is 10.7. The van der Waals surface area contributed by atoms with Gasteiger partial charge < -0.3 is 0 Å². The van der Waals surface area contributed by atoms with Crippen molar-refractivity contribution in [3.05, 3.63) is 29.8 Å². The summed E-state index contributed by atoms with van der Waals surface area (Å²) < 4.78 is 26.0. The Bertz CT molecular complexity index is 332. The summed E-state index contributed by atoms with van der Waals surface area (Å²) >= 11 is 1.56. The second kappa shape index (κ2) is 4.97. The fraction of sp³-hybridized carbons (Fsp3) is 0.500. The third-order valence-corrected chi connectivity index (χ3v) is 4.13. The molecule has 1 saturated carbocycles. The van der Waals surface area contributed by atoms with Crippen LogP contribution in [0, 0.1) is 11.6 Å². The van der Waals surface area contributed by atoms with Gasteiger partial charge in [-0.1, -0.05) is 19.3 Å². The highest BCUT2D eigenvalue weighted by atomic mass is 32.2. The fourth-order valence-corrected chi connectivity index (χ4v) is 3.18. The van der Waals surface area contributed by atoms with Crippen LogP contribution in [0.4, 0.5) is 8.78 Å². The van der Waals surface area contributed by atoms with Gasteiger partial charge in [-0.2, -0.15) is 0 Å². The van der Waals surface area contributed by atoms with Crippen LogP contribution >= 0.6 is 11.8 Å². The minimum Gasteiger partial charge on any atom is -0.207 e. The second-order valence-electron chi connectivity index (χ2n) is 3.95. The van der Waals surface area contributed by atoms with Crippen LogP contribution < -0.4 is 0 Å². The van der Waals surface area contributed by atoms with Gasteiger partial charge in [0.05, 0.1) is 0 Å². The first kappa shape index (κ1) is 10.9. The first-order valence-electron chi connectivity index (χ1n) is 5.37. The van der Waals surface area contributed by atoms with Gasteiger partial charge in [-0.15, -0.1) is 11.8 Å². The van der Waals surface area contributed by atoms with Crippen molar-refractivity contribution in [1.82, 2.24) is 0 Å². The van der Waals surface area contributed by atoms with Crippen LogP contribution in [-0.4, -0.2) is 5.25 Å². The Labute approximate surface area is 93.1 Å². The Balaban J connectivity index is 2.03. The first-order valence-corrected chi connectivity index (χ1v) is 6.25. The predicted octanol–water partition coefficient (Wildman–Crippen LogP) is 4.39. The maximum absolute atomic E-state index is 13.3. The molecule has 0 aliphatic heterocycles. The average molecular weight is 228 g/mol. The number of hydrogen-bond acceptors (Lipinski definition) is 1. The van der Waals surface area contributed by atoms with Crippen molar-refractivity contribution in [3.8, 4) is 0 Å². The summed E-state index contributed by atoms with van der Waals surface area (Å²) in [6, 6.07) is 3.84. The Morgan fingerprint density at radius 3 is 2.47 bits per heavy atom. The highest BCUT2D eigenvalue weighted by molar-refractivity contribution is 8.00. The zero-order valence-electron chi connectivity index (χ0n) is 8.51. The van der Waals surface area contributed by atoms with Gasteiger partial charge >= 0.3 is 0 Å². The lowest BCUT2D eigenvalue weighted by Crippen LogP contribution is -2.08. The molecule has 0 aromatic heterocycles. The fourth-order valence-electron chi connectivity index (χ4n) is 1.93. The zero-order valence-corrected chi connectivity index (χ0v) is 9.33. The van der Waals surface area contributed by atoms with Crippen molar-refractivity contribution in [1.29, 1.82) is 0 Å². The van der Waals surface area contributed by atoms with E-state index in [9.17, 15) is 8.78 Å². The summed E-state index contributed by atoms with van der Waals surface area (Å²) in [5.74, 6) is -0.925. The molecule has 1 aromatic rings. The van der Waals surface area contributed by atoms with Gasteiger partial charge in [0, 0.05) is 16.2 Å². The number of benzene rings is 1. The molecule has 0 spiro atoms. The number of rotatable bonds is 2. The SMILES string of the molecule is Fc1ccc(SC2CCCCC2)c(F)c1. The highest BCUT2D eigenvalue weighted by Gasteiger charge is 2.16. The topological polar surface area (TPSA) is 0 Å². The Morgan fingerprint density at radius 2 is 1.80 bits per heavy atom. The van der Waals surface area contributed by atoms with Crippen molar-refractivity contribution in [3.63, 3.8) is 0 Å². The standard InChI is InChI=1S/C12H14F2S/c13-9-6-7-12(11(14)8-9)15-10-4-2-1-3-5-10/h6-8,10H,1-5H2. The molecule has 0 amide bonds.